The molecule has 0 spiro atoms. The molecule has 0 aliphatic carbocycles. The summed E-state index contributed by atoms with van der Waals surface area (Å²) < 4.78 is 19.3. The zero-order valence-electron chi connectivity index (χ0n) is 11.4. The molecule has 0 heterocycles. The van der Waals surface area contributed by atoms with Crippen LogP contribution in [0.3, 0.4) is 0 Å². The Bertz CT molecular complexity index is 712. The number of amides is 1. The van der Waals surface area contributed by atoms with E-state index in [4.69, 9.17) is 27.9 Å². The van der Waals surface area contributed by atoms with Gasteiger partial charge < -0.3 is 10.1 Å². The second-order valence-electron chi connectivity index (χ2n) is 4.45. The Labute approximate surface area is 145 Å². The standard InChI is InChI=1S/C15H11BrCl2FNO2/c1-8(22-14-5-2-9(16)6-12(14)18)15(21)20-13-4-3-10(19)7-11(13)17/h2-8H,1H3,(H,20,21). The number of hydrogen-bond acceptors (Lipinski definition) is 2. The molecule has 3 nitrogen and oxygen atoms in total. The molecule has 0 bridgehead atoms. The minimum absolute atomic E-state index is 0.113. The van der Waals surface area contributed by atoms with E-state index in [1.54, 1.807) is 25.1 Å². The van der Waals surface area contributed by atoms with Crippen LogP contribution < -0.4 is 10.1 Å². The maximum atomic E-state index is 13.0. The molecular formula is C15H11BrCl2FNO2. The van der Waals surface area contributed by atoms with Crippen LogP contribution in [0.4, 0.5) is 10.1 Å². The summed E-state index contributed by atoms with van der Waals surface area (Å²) in [5.41, 5.74) is 0.311. The van der Waals surface area contributed by atoms with Crippen LogP contribution in [0.15, 0.2) is 40.9 Å². The molecule has 116 valence electrons. The van der Waals surface area contributed by atoms with Gasteiger partial charge in [0.2, 0.25) is 0 Å². The van der Waals surface area contributed by atoms with E-state index in [-0.39, 0.29) is 5.02 Å². The van der Waals surface area contributed by atoms with Crippen molar-refractivity contribution in [2.75, 3.05) is 5.32 Å². The molecule has 1 unspecified atom stereocenters. The fourth-order valence-corrected chi connectivity index (χ4v) is 2.57. The lowest BCUT2D eigenvalue weighted by molar-refractivity contribution is -0.122. The number of rotatable bonds is 4. The van der Waals surface area contributed by atoms with Gasteiger partial charge in [-0.2, -0.15) is 0 Å². The van der Waals surface area contributed by atoms with E-state index in [1.165, 1.54) is 12.1 Å². The van der Waals surface area contributed by atoms with Crippen molar-refractivity contribution < 1.29 is 13.9 Å². The Kier molecular flexibility index (Phi) is 5.67. The number of benzene rings is 2. The van der Waals surface area contributed by atoms with Gasteiger partial charge in [-0.25, -0.2) is 4.39 Å². The first kappa shape index (κ1) is 17.1. The molecule has 0 aromatic heterocycles. The first-order valence-corrected chi connectivity index (χ1v) is 7.79. The van der Waals surface area contributed by atoms with E-state index < -0.39 is 17.8 Å². The minimum Gasteiger partial charge on any atom is -0.479 e. The summed E-state index contributed by atoms with van der Waals surface area (Å²) in [7, 11) is 0. The first-order valence-electron chi connectivity index (χ1n) is 6.24. The monoisotopic (exact) mass is 405 g/mol. The summed E-state index contributed by atoms with van der Waals surface area (Å²) in [5, 5.41) is 3.07. The highest BCUT2D eigenvalue weighted by Crippen LogP contribution is 2.29. The Morgan fingerprint density at radius 1 is 1.23 bits per heavy atom. The predicted octanol–water partition coefficient (Wildman–Crippen LogP) is 5.30. The second-order valence-corrected chi connectivity index (χ2v) is 6.18. The van der Waals surface area contributed by atoms with Crippen molar-refractivity contribution >= 4 is 50.7 Å². The third-order valence-corrected chi connectivity index (χ3v) is 3.86. The van der Waals surface area contributed by atoms with Crippen LogP contribution in [0.25, 0.3) is 0 Å². The van der Waals surface area contributed by atoms with E-state index in [0.717, 1.165) is 10.5 Å². The molecular weight excluding hydrogens is 396 g/mol. The fraction of sp³-hybridized carbons (Fsp3) is 0.133. The van der Waals surface area contributed by atoms with Crippen molar-refractivity contribution in [2.24, 2.45) is 0 Å². The van der Waals surface area contributed by atoms with E-state index in [9.17, 15) is 9.18 Å². The van der Waals surface area contributed by atoms with Crippen LogP contribution in [0.1, 0.15) is 6.92 Å². The van der Waals surface area contributed by atoms with E-state index in [1.807, 2.05) is 0 Å². The molecule has 7 heteroatoms. The zero-order chi connectivity index (χ0) is 16.3. The van der Waals surface area contributed by atoms with Gasteiger partial charge >= 0.3 is 0 Å². The van der Waals surface area contributed by atoms with E-state index in [2.05, 4.69) is 21.2 Å². The molecule has 0 aliphatic heterocycles. The fourth-order valence-electron chi connectivity index (χ4n) is 1.64. The summed E-state index contributed by atoms with van der Waals surface area (Å²) in [6.07, 6.45) is -0.806. The molecule has 2 aromatic carbocycles. The number of hydrogen-bond donors (Lipinski definition) is 1. The van der Waals surface area contributed by atoms with Gasteiger partial charge in [-0.3, -0.25) is 4.79 Å². The number of ether oxygens (including phenoxy) is 1. The summed E-state index contributed by atoms with van der Waals surface area (Å²) in [6.45, 7) is 1.57. The molecule has 2 aromatic rings. The third-order valence-electron chi connectivity index (χ3n) is 2.76. The Morgan fingerprint density at radius 2 is 1.95 bits per heavy atom. The molecule has 2 rings (SSSR count). The highest BCUT2D eigenvalue weighted by atomic mass is 79.9. The van der Waals surface area contributed by atoms with Gasteiger partial charge in [-0.15, -0.1) is 0 Å². The Morgan fingerprint density at radius 3 is 2.59 bits per heavy atom. The topological polar surface area (TPSA) is 38.3 Å². The molecule has 0 radical (unpaired) electrons. The summed E-state index contributed by atoms with van der Waals surface area (Å²) in [4.78, 5) is 12.1. The average molecular weight is 407 g/mol. The maximum Gasteiger partial charge on any atom is 0.265 e. The minimum atomic E-state index is -0.806. The van der Waals surface area contributed by atoms with Crippen LogP contribution in [0.2, 0.25) is 10.0 Å². The van der Waals surface area contributed by atoms with Gasteiger partial charge in [0.25, 0.3) is 5.91 Å². The summed E-state index contributed by atoms with van der Waals surface area (Å²) in [6, 6.07) is 8.78. The van der Waals surface area contributed by atoms with Crippen LogP contribution in [-0.4, -0.2) is 12.0 Å². The lowest BCUT2D eigenvalue weighted by Gasteiger charge is -2.16. The Balaban J connectivity index is 2.05. The molecule has 0 aliphatic rings. The molecule has 0 saturated carbocycles. The summed E-state index contributed by atoms with van der Waals surface area (Å²) >= 11 is 15.2. The second kappa shape index (κ2) is 7.31. The molecule has 0 saturated heterocycles. The highest BCUT2D eigenvalue weighted by Gasteiger charge is 2.17. The Hall–Kier alpha value is -1.30. The van der Waals surface area contributed by atoms with Gasteiger partial charge in [0.15, 0.2) is 6.10 Å². The van der Waals surface area contributed by atoms with Gasteiger partial charge in [-0.1, -0.05) is 39.1 Å². The van der Waals surface area contributed by atoms with Crippen LogP contribution in [-0.2, 0) is 4.79 Å². The molecule has 1 N–H and O–H groups in total. The molecule has 0 fully saturated rings. The first-order chi connectivity index (χ1) is 10.4. The quantitative estimate of drug-likeness (QED) is 0.747. The van der Waals surface area contributed by atoms with Crippen LogP contribution in [0, 0.1) is 5.82 Å². The van der Waals surface area contributed by atoms with Gasteiger partial charge in [0.1, 0.15) is 11.6 Å². The molecule has 1 amide bonds. The summed E-state index contributed by atoms with van der Waals surface area (Å²) in [5.74, 6) is -0.515. The number of carbonyl (C=O) groups is 1. The number of carbonyl (C=O) groups excluding carboxylic acids is 1. The van der Waals surface area contributed by atoms with Crippen molar-refractivity contribution in [3.63, 3.8) is 0 Å². The molecule has 22 heavy (non-hydrogen) atoms. The molecule has 1 atom stereocenters. The van der Waals surface area contributed by atoms with Gasteiger partial charge in [0, 0.05) is 4.47 Å². The normalized spacial score (nSPS) is 11.9. The van der Waals surface area contributed by atoms with Crippen LogP contribution >= 0.6 is 39.1 Å². The van der Waals surface area contributed by atoms with Crippen molar-refractivity contribution in [2.45, 2.75) is 13.0 Å². The smallest absolute Gasteiger partial charge is 0.265 e. The van der Waals surface area contributed by atoms with Gasteiger partial charge in [-0.05, 0) is 43.3 Å². The number of anilines is 1. The highest BCUT2D eigenvalue weighted by molar-refractivity contribution is 9.10. The number of nitrogens with one attached hydrogen (secondary N) is 1. The van der Waals surface area contributed by atoms with Crippen molar-refractivity contribution in [3.8, 4) is 5.75 Å². The number of halogens is 4. The van der Waals surface area contributed by atoms with E-state index >= 15 is 0 Å². The third kappa shape index (κ3) is 4.35. The largest absolute Gasteiger partial charge is 0.479 e. The van der Waals surface area contributed by atoms with Gasteiger partial charge in [0.05, 0.1) is 15.7 Å². The predicted molar refractivity (Wildman–Crippen MR) is 89.3 cm³/mol. The lowest BCUT2D eigenvalue weighted by Crippen LogP contribution is -2.30. The average Bonchev–Trinajstić information content (AvgIpc) is 2.44. The van der Waals surface area contributed by atoms with Crippen molar-refractivity contribution in [1.29, 1.82) is 0 Å². The lowest BCUT2D eigenvalue weighted by atomic mass is 10.3. The zero-order valence-corrected chi connectivity index (χ0v) is 14.5. The van der Waals surface area contributed by atoms with Crippen LogP contribution in [0.5, 0.6) is 5.75 Å². The van der Waals surface area contributed by atoms with Crippen molar-refractivity contribution in [3.05, 3.63) is 56.7 Å². The van der Waals surface area contributed by atoms with Crippen molar-refractivity contribution in [1.82, 2.24) is 0 Å². The van der Waals surface area contributed by atoms with E-state index in [0.29, 0.717) is 16.5 Å². The maximum absolute atomic E-state index is 13.0. The SMILES string of the molecule is CC(Oc1ccc(Br)cc1Cl)C(=O)Nc1ccc(F)cc1Cl.